The normalized spacial score (nSPS) is 10.5. The van der Waals surface area contributed by atoms with Crippen LogP contribution in [0.2, 0.25) is 0 Å². The highest BCUT2D eigenvalue weighted by atomic mass is 16.5. The van der Waals surface area contributed by atoms with E-state index in [2.05, 4.69) is 15.0 Å². The maximum atomic E-state index is 9.45. The fourth-order valence-electron chi connectivity index (χ4n) is 1.65. The SMILES string of the molecule is CCN(Cc1noc(C)n1)c1cccc(O)c1. The Kier molecular flexibility index (Phi) is 3.27. The molecular formula is C12H15N3O2. The summed E-state index contributed by atoms with van der Waals surface area (Å²) in [6.07, 6.45) is 0. The second-order valence-electron chi connectivity index (χ2n) is 3.76. The fraction of sp³-hybridized carbons (Fsp3) is 0.333. The maximum absolute atomic E-state index is 9.45. The molecule has 0 radical (unpaired) electrons. The number of hydrogen-bond acceptors (Lipinski definition) is 5. The first-order valence-electron chi connectivity index (χ1n) is 5.52. The average molecular weight is 233 g/mol. The second-order valence-corrected chi connectivity index (χ2v) is 3.76. The van der Waals surface area contributed by atoms with E-state index in [9.17, 15) is 5.11 Å². The highest BCUT2D eigenvalue weighted by molar-refractivity contribution is 5.50. The molecule has 1 aromatic heterocycles. The number of phenolic OH excluding ortho intramolecular Hbond substituents is 1. The van der Waals surface area contributed by atoms with E-state index in [1.54, 1.807) is 19.1 Å². The Morgan fingerprint density at radius 3 is 2.82 bits per heavy atom. The molecule has 0 saturated heterocycles. The van der Waals surface area contributed by atoms with E-state index in [0.717, 1.165) is 12.2 Å². The summed E-state index contributed by atoms with van der Waals surface area (Å²) in [6, 6.07) is 7.12. The lowest BCUT2D eigenvalue weighted by atomic mass is 10.2. The van der Waals surface area contributed by atoms with Crippen LogP contribution in [0.3, 0.4) is 0 Å². The largest absolute Gasteiger partial charge is 0.508 e. The maximum Gasteiger partial charge on any atom is 0.223 e. The Morgan fingerprint density at radius 1 is 1.41 bits per heavy atom. The van der Waals surface area contributed by atoms with E-state index < -0.39 is 0 Å². The number of nitrogens with zero attached hydrogens (tertiary/aromatic N) is 3. The van der Waals surface area contributed by atoms with Crippen molar-refractivity contribution in [2.45, 2.75) is 20.4 Å². The molecule has 0 saturated carbocycles. The third-order valence-electron chi connectivity index (χ3n) is 2.48. The van der Waals surface area contributed by atoms with Gasteiger partial charge in [0.1, 0.15) is 5.75 Å². The van der Waals surface area contributed by atoms with Crippen LogP contribution in [0.1, 0.15) is 18.6 Å². The van der Waals surface area contributed by atoms with Crippen molar-refractivity contribution in [3.63, 3.8) is 0 Å². The van der Waals surface area contributed by atoms with Crippen LogP contribution in [-0.2, 0) is 6.54 Å². The predicted molar refractivity (Wildman–Crippen MR) is 63.9 cm³/mol. The molecule has 0 aliphatic carbocycles. The topological polar surface area (TPSA) is 62.4 Å². The Hall–Kier alpha value is -2.04. The molecule has 0 aliphatic rings. The van der Waals surface area contributed by atoms with Crippen molar-refractivity contribution in [3.05, 3.63) is 36.0 Å². The minimum atomic E-state index is 0.255. The van der Waals surface area contributed by atoms with Crippen LogP contribution >= 0.6 is 0 Å². The minimum absolute atomic E-state index is 0.255. The molecule has 0 bridgehead atoms. The number of anilines is 1. The Morgan fingerprint density at radius 2 is 2.24 bits per heavy atom. The lowest BCUT2D eigenvalue weighted by Gasteiger charge is -2.21. The summed E-state index contributed by atoms with van der Waals surface area (Å²) in [5, 5.41) is 13.3. The van der Waals surface area contributed by atoms with E-state index in [4.69, 9.17) is 4.52 Å². The highest BCUT2D eigenvalue weighted by Gasteiger charge is 2.10. The van der Waals surface area contributed by atoms with E-state index in [1.807, 2.05) is 19.1 Å². The van der Waals surface area contributed by atoms with Gasteiger partial charge in [-0.05, 0) is 19.1 Å². The van der Waals surface area contributed by atoms with Gasteiger partial charge in [0.25, 0.3) is 0 Å². The molecule has 0 amide bonds. The van der Waals surface area contributed by atoms with Crippen LogP contribution in [0.15, 0.2) is 28.8 Å². The molecule has 5 heteroatoms. The number of benzene rings is 1. The smallest absolute Gasteiger partial charge is 0.223 e. The van der Waals surface area contributed by atoms with E-state index >= 15 is 0 Å². The molecule has 1 heterocycles. The molecule has 1 aromatic carbocycles. The molecule has 17 heavy (non-hydrogen) atoms. The number of hydrogen-bond donors (Lipinski definition) is 1. The molecule has 1 N–H and O–H groups in total. The zero-order valence-electron chi connectivity index (χ0n) is 9.92. The summed E-state index contributed by atoms with van der Waals surface area (Å²) < 4.78 is 4.93. The van der Waals surface area contributed by atoms with Gasteiger partial charge in [0, 0.05) is 25.2 Å². The van der Waals surface area contributed by atoms with Gasteiger partial charge in [0.15, 0.2) is 5.82 Å². The van der Waals surface area contributed by atoms with Crippen molar-refractivity contribution in [1.82, 2.24) is 10.1 Å². The van der Waals surface area contributed by atoms with Gasteiger partial charge in [0.2, 0.25) is 5.89 Å². The first-order chi connectivity index (χ1) is 8.19. The summed E-state index contributed by atoms with van der Waals surface area (Å²) in [5.41, 5.74) is 0.940. The van der Waals surface area contributed by atoms with Gasteiger partial charge in [-0.1, -0.05) is 11.2 Å². The first kappa shape index (κ1) is 11.4. The minimum Gasteiger partial charge on any atom is -0.508 e. The summed E-state index contributed by atoms with van der Waals surface area (Å²) in [4.78, 5) is 6.22. The van der Waals surface area contributed by atoms with Crippen LogP contribution in [0, 0.1) is 6.92 Å². The Bertz CT molecular complexity index is 496. The van der Waals surface area contributed by atoms with Crippen LogP contribution in [0.4, 0.5) is 5.69 Å². The zero-order valence-corrected chi connectivity index (χ0v) is 9.92. The fourth-order valence-corrected chi connectivity index (χ4v) is 1.65. The van der Waals surface area contributed by atoms with Crippen molar-refractivity contribution in [1.29, 1.82) is 0 Å². The number of aryl methyl sites for hydroxylation is 1. The highest BCUT2D eigenvalue weighted by Crippen LogP contribution is 2.21. The van der Waals surface area contributed by atoms with Gasteiger partial charge in [-0.15, -0.1) is 0 Å². The van der Waals surface area contributed by atoms with E-state index in [0.29, 0.717) is 18.3 Å². The molecule has 0 atom stereocenters. The predicted octanol–water partition coefficient (Wildman–Crippen LogP) is 2.11. The summed E-state index contributed by atoms with van der Waals surface area (Å²) in [5.74, 6) is 1.46. The first-order valence-corrected chi connectivity index (χ1v) is 5.52. The van der Waals surface area contributed by atoms with Crippen LogP contribution in [0.5, 0.6) is 5.75 Å². The zero-order chi connectivity index (χ0) is 12.3. The molecule has 2 rings (SSSR count). The van der Waals surface area contributed by atoms with Crippen molar-refractivity contribution >= 4 is 5.69 Å². The summed E-state index contributed by atoms with van der Waals surface area (Å²) in [7, 11) is 0. The van der Waals surface area contributed by atoms with Gasteiger partial charge in [-0.25, -0.2) is 0 Å². The molecule has 0 spiro atoms. The van der Waals surface area contributed by atoms with Gasteiger partial charge >= 0.3 is 0 Å². The molecule has 90 valence electrons. The van der Waals surface area contributed by atoms with Gasteiger partial charge in [-0.3, -0.25) is 0 Å². The quantitative estimate of drug-likeness (QED) is 0.876. The molecule has 0 unspecified atom stereocenters. The third kappa shape index (κ3) is 2.75. The number of aromatic nitrogens is 2. The number of aromatic hydroxyl groups is 1. The Balaban J connectivity index is 2.16. The van der Waals surface area contributed by atoms with E-state index in [-0.39, 0.29) is 5.75 Å². The summed E-state index contributed by atoms with van der Waals surface area (Å²) >= 11 is 0. The van der Waals surface area contributed by atoms with Crippen LogP contribution in [-0.4, -0.2) is 21.8 Å². The van der Waals surface area contributed by atoms with Gasteiger partial charge in [-0.2, -0.15) is 4.98 Å². The average Bonchev–Trinajstić information content (AvgIpc) is 2.72. The molecular weight excluding hydrogens is 218 g/mol. The number of phenols is 1. The monoisotopic (exact) mass is 233 g/mol. The van der Waals surface area contributed by atoms with Crippen molar-refractivity contribution in [3.8, 4) is 5.75 Å². The lowest BCUT2D eigenvalue weighted by Crippen LogP contribution is -2.22. The van der Waals surface area contributed by atoms with E-state index in [1.165, 1.54) is 0 Å². The van der Waals surface area contributed by atoms with Crippen molar-refractivity contribution < 1.29 is 9.63 Å². The molecule has 2 aromatic rings. The molecule has 0 aliphatic heterocycles. The van der Waals surface area contributed by atoms with Gasteiger partial charge < -0.3 is 14.5 Å². The van der Waals surface area contributed by atoms with Gasteiger partial charge in [0.05, 0.1) is 6.54 Å². The molecule has 0 fully saturated rings. The molecule has 5 nitrogen and oxygen atoms in total. The number of rotatable bonds is 4. The Labute approximate surface area is 99.7 Å². The third-order valence-corrected chi connectivity index (χ3v) is 2.48. The second kappa shape index (κ2) is 4.86. The van der Waals surface area contributed by atoms with Crippen molar-refractivity contribution in [2.24, 2.45) is 0 Å². The summed E-state index contributed by atoms with van der Waals surface area (Å²) in [6.45, 7) is 5.17. The lowest BCUT2D eigenvalue weighted by molar-refractivity contribution is 0.387. The van der Waals surface area contributed by atoms with Crippen LogP contribution < -0.4 is 4.90 Å². The van der Waals surface area contributed by atoms with Crippen LogP contribution in [0.25, 0.3) is 0 Å². The standard InChI is InChI=1S/C12H15N3O2/c1-3-15(8-12-13-9(2)17-14-12)10-5-4-6-11(16)7-10/h4-7,16H,3,8H2,1-2H3. The van der Waals surface area contributed by atoms with Crippen molar-refractivity contribution in [2.75, 3.05) is 11.4 Å².